The lowest BCUT2D eigenvalue weighted by Crippen LogP contribution is -3.10. The Morgan fingerprint density at radius 3 is 2.33 bits per heavy atom. The molecule has 0 radical (unpaired) electrons. The standard InChI is InChI=1S/C23H31N3O4/c1-17-6-9-19(10-7-17)24-22(27)15-26(3)23(28)16-25(2)13-12-18-8-11-20(29-4)21(14-18)30-5/h6-11,14H,12-13,15-16H2,1-5H3,(H,24,27)/p+1. The molecule has 0 fully saturated rings. The van der Waals surface area contributed by atoms with Crippen LogP contribution in [0.2, 0.25) is 0 Å². The van der Waals surface area contributed by atoms with Crippen molar-refractivity contribution in [2.45, 2.75) is 13.3 Å². The van der Waals surface area contributed by atoms with Gasteiger partial charge < -0.3 is 24.6 Å². The van der Waals surface area contributed by atoms with Crippen molar-refractivity contribution < 1.29 is 24.0 Å². The third-order valence-electron chi connectivity index (χ3n) is 4.88. The number of nitrogens with zero attached hydrogens (tertiary/aromatic N) is 1. The molecule has 30 heavy (non-hydrogen) atoms. The number of quaternary nitrogens is 1. The number of carbonyl (C=O) groups excluding carboxylic acids is 2. The smallest absolute Gasteiger partial charge is 0.277 e. The van der Waals surface area contributed by atoms with Crippen LogP contribution >= 0.6 is 0 Å². The van der Waals surface area contributed by atoms with Gasteiger partial charge in [-0.05, 0) is 36.8 Å². The van der Waals surface area contributed by atoms with Crippen LogP contribution in [0, 0.1) is 6.92 Å². The summed E-state index contributed by atoms with van der Waals surface area (Å²) in [6.07, 6.45) is 0.803. The van der Waals surface area contributed by atoms with E-state index >= 15 is 0 Å². The van der Waals surface area contributed by atoms with Crippen LogP contribution in [-0.2, 0) is 16.0 Å². The molecule has 0 heterocycles. The second kappa shape index (κ2) is 11.2. The number of aryl methyl sites for hydroxylation is 1. The van der Waals surface area contributed by atoms with Gasteiger partial charge in [-0.25, -0.2) is 0 Å². The molecular weight excluding hydrogens is 382 g/mol. The Morgan fingerprint density at radius 1 is 1.03 bits per heavy atom. The Balaban J connectivity index is 1.78. The second-order valence-electron chi connectivity index (χ2n) is 7.49. The summed E-state index contributed by atoms with van der Waals surface area (Å²) < 4.78 is 10.6. The normalized spacial score (nSPS) is 11.5. The monoisotopic (exact) mass is 414 g/mol. The van der Waals surface area contributed by atoms with Crippen LogP contribution < -0.4 is 19.7 Å². The molecule has 0 saturated carbocycles. The molecule has 0 aromatic heterocycles. The number of rotatable bonds is 10. The number of hydrogen-bond donors (Lipinski definition) is 2. The van der Waals surface area contributed by atoms with Crippen LogP contribution in [0.1, 0.15) is 11.1 Å². The van der Waals surface area contributed by atoms with Gasteiger partial charge >= 0.3 is 0 Å². The van der Waals surface area contributed by atoms with Gasteiger partial charge in [-0.3, -0.25) is 9.59 Å². The molecule has 2 N–H and O–H groups in total. The lowest BCUT2D eigenvalue weighted by atomic mass is 10.1. The van der Waals surface area contributed by atoms with E-state index in [2.05, 4.69) is 5.32 Å². The van der Waals surface area contributed by atoms with Crippen molar-refractivity contribution in [1.82, 2.24) is 4.90 Å². The Bertz CT molecular complexity index is 852. The lowest BCUT2D eigenvalue weighted by Gasteiger charge is -2.20. The van der Waals surface area contributed by atoms with Gasteiger partial charge in [-0.15, -0.1) is 0 Å². The Hall–Kier alpha value is -3.06. The van der Waals surface area contributed by atoms with Gasteiger partial charge in [0.15, 0.2) is 18.0 Å². The van der Waals surface area contributed by atoms with Gasteiger partial charge in [-0.2, -0.15) is 0 Å². The minimum Gasteiger partial charge on any atom is -0.493 e. The number of ether oxygens (including phenoxy) is 2. The number of anilines is 1. The summed E-state index contributed by atoms with van der Waals surface area (Å²) in [5, 5.41) is 2.81. The largest absolute Gasteiger partial charge is 0.493 e. The Kier molecular flexibility index (Phi) is 8.68. The fraction of sp³-hybridized carbons (Fsp3) is 0.391. The molecule has 0 aliphatic rings. The highest BCUT2D eigenvalue weighted by Gasteiger charge is 2.17. The first-order valence-electron chi connectivity index (χ1n) is 9.95. The molecule has 1 atom stereocenters. The van der Waals surface area contributed by atoms with Crippen molar-refractivity contribution in [2.24, 2.45) is 0 Å². The summed E-state index contributed by atoms with van der Waals surface area (Å²) in [6, 6.07) is 13.4. The molecule has 0 bridgehead atoms. The summed E-state index contributed by atoms with van der Waals surface area (Å²) in [5.41, 5.74) is 2.97. The molecule has 7 heteroatoms. The van der Waals surface area contributed by atoms with Crippen LogP contribution in [0.5, 0.6) is 11.5 Å². The van der Waals surface area contributed by atoms with Crippen LogP contribution in [0.4, 0.5) is 5.69 Å². The van der Waals surface area contributed by atoms with E-state index in [0.29, 0.717) is 18.0 Å². The zero-order chi connectivity index (χ0) is 22.1. The van der Waals surface area contributed by atoms with E-state index in [9.17, 15) is 9.59 Å². The predicted octanol–water partition coefficient (Wildman–Crippen LogP) is 1.17. The molecule has 0 saturated heterocycles. The van der Waals surface area contributed by atoms with E-state index in [1.165, 1.54) is 4.90 Å². The van der Waals surface area contributed by atoms with Gasteiger partial charge in [0.05, 0.1) is 34.4 Å². The number of hydrogen-bond acceptors (Lipinski definition) is 4. The van der Waals surface area contributed by atoms with Gasteiger partial charge in [0, 0.05) is 19.2 Å². The van der Waals surface area contributed by atoms with Gasteiger partial charge in [0.1, 0.15) is 0 Å². The maximum atomic E-state index is 12.5. The van der Waals surface area contributed by atoms with Crippen LogP contribution in [0.15, 0.2) is 42.5 Å². The van der Waals surface area contributed by atoms with Crippen molar-refractivity contribution in [1.29, 1.82) is 0 Å². The maximum absolute atomic E-state index is 12.5. The van der Waals surface area contributed by atoms with E-state index in [1.807, 2.05) is 56.4 Å². The second-order valence-corrected chi connectivity index (χ2v) is 7.49. The first-order valence-corrected chi connectivity index (χ1v) is 9.95. The molecule has 0 spiro atoms. The zero-order valence-corrected chi connectivity index (χ0v) is 18.5. The van der Waals surface area contributed by atoms with Crippen molar-refractivity contribution in [3.05, 3.63) is 53.6 Å². The van der Waals surface area contributed by atoms with Gasteiger partial charge in [0.25, 0.3) is 5.91 Å². The number of nitrogens with one attached hydrogen (secondary N) is 2. The number of benzene rings is 2. The number of amides is 2. The molecule has 0 aliphatic heterocycles. The minimum atomic E-state index is -0.210. The van der Waals surface area contributed by atoms with E-state index in [0.717, 1.165) is 34.7 Å². The first-order chi connectivity index (χ1) is 14.3. The van der Waals surface area contributed by atoms with E-state index < -0.39 is 0 Å². The lowest BCUT2D eigenvalue weighted by molar-refractivity contribution is -0.871. The van der Waals surface area contributed by atoms with Crippen LogP contribution in [0.25, 0.3) is 0 Å². The fourth-order valence-corrected chi connectivity index (χ4v) is 3.02. The summed E-state index contributed by atoms with van der Waals surface area (Å²) in [7, 11) is 6.85. The van der Waals surface area contributed by atoms with Crippen molar-refractivity contribution in [3.63, 3.8) is 0 Å². The molecule has 2 amide bonds. The highest BCUT2D eigenvalue weighted by molar-refractivity contribution is 5.94. The fourth-order valence-electron chi connectivity index (χ4n) is 3.02. The average Bonchev–Trinajstić information content (AvgIpc) is 2.73. The van der Waals surface area contributed by atoms with Gasteiger partial charge in [0.2, 0.25) is 5.91 Å². The third kappa shape index (κ3) is 7.08. The molecule has 2 rings (SSSR count). The van der Waals surface area contributed by atoms with E-state index in [4.69, 9.17) is 9.47 Å². The maximum Gasteiger partial charge on any atom is 0.277 e. The van der Waals surface area contributed by atoms with Crippen LogP contribution in [0.3, 0.4) is 0 Å². The summed E-state index contributed by atoms with van der Waals surface area (Å²) >= 11 is 0. The SMILES string of the molecule is COc1ccc(CC[NH+](C)CC(=O)N(C)CC(=O)Nc2ccc(C)cc2)cc1OC. The molecule has 2 aromatic carbocycles. The number of methoxy groups -OCH3 is 2. The molecule has 162 valence electrons. The molecule has 1 unspecified atom stereocenters. The number of carbonyl (C=O) groups is 2. The third-order valence-corrected chi connectivity index (χ3v) is 4.88. The highest BCUT2D eigenvalue weighted by atomic mass is 16.5. The highest BCUT2D eigenvalue weighted by Crippen LogP contribution is 2.27. The van der Waals surface area contributed by atoms with E-state index in [1.54, 1.807) is 21.3 Å². The predicted molar refractivity (Wildman–Crippen MR) is 117 cm³/mol. The van der Waals surface area contributed by atoms with E-state index in [-0.39, 0.29) is 18.4 Å². The number of likely N-dealkylation sites (N-methyl/N-ethyl adjacent to an activating group) is 2. The molecular formula is C23H32N3O4+. The Labute approximate surface area is 178 Å². The first kappa shape index (κ1) is 23.2. The molecule has 0 aliphatic carbocycles. The topological polar surface area (TPSA) is 72.3 Å². The average molecular weight is 415 g/mol. The molecule has 7 nitrogen and oxygen atoms in total. The summed E-state index contributed by atoms with van der Waals surface area (Å²) in [4.78, 5) is 27.2. The van der Waals surface area contributed by atoms with Crippen molar-refractivity contribution in [2.75, 3.05) is 53.3 Å². The molecule has 2 aromatic rings. The van der Waals surface area contributed by atoms with Gasteiger partial charge in [-0.1, -0.05) is 23.8 Å². The quantitative estimate of drug-likeness (QED) is 0.612. The Morgan fingerprint density at radius 2 is 1.70 bits per heavy atom. The zero-order valence-electron chi connectivity index (χ0n) is 18.5. The summed E-state index contributed by atoms with van der Waals surface area (Å²) in [5.74, 6) is 1.11. The van der Waals surface area contributed by atoms with Crippen LogP contribution in [-0.4, -0.2) is 64.7 Å². The summed E-state index contributed by atoms with van der Waals surface area (Å²) in [6.45, 7) is 3.11. The van der Waals surface area contributed by atoms with Crippen molar-refractivity contribution >= 4 is 17.5 Å². The minimum absolute atomic E-state index is 0.0235. The van der Waals surface area contributed by atoms with Crippen molar-refractivity contribution in [3.8, 4) is 11.5 Å².